The lowest BCUT2D eigenvalue weighted by Crippen LogP contribution is -2.40. The van der Waals surface area contributed by atoms with Gasteiger partial charge in [0.05, 0.1) is 0 Å². The summed E-state index contributed by atoms with van der Waals surface area (Å²) in [5.41, 5.74) is 1.98. The number of carbonyl (C=O) groups excluding carboxylic acids is 1. The summed E-state index contributed by atoms with van der Waals surface area (Å²) < 4.78 is 0. The van der Waals surface area contributed by atoms with Crippen LogP contribution in [0.3, 0.4) is 0 Å². The molecule has 0 radical (unpaired) electrons. The maximum atomic E-state index is 12.2. The minimum Gasteiger partial charge on any atom is -0.410 e. The van der Waals surface area contributed by atoms with Gasteiger partial charge in [0.2, 0.25) is 0 Å². The van der Waals surface area contributed by atoms with Crippen LogP contribution in [0.25, 0.3) is 0 Å². The Morgan fingerprint density at radius 3 is 2.50 bits per heavy atom. The zero-order valence-electron chi connectivity index (χ0n) is 13.4. The van der Waals surface area contributed by atoms with Crippen molar-refractivity contribution >= 4 is 17.3 Å². The van der Waals surface area contributed by atoms with E-state index in [1.807, 2.05) is 38.2 Å². The topological polar surface area (TPSA) is 64.9 Å². The van der Waals surface area contributed by atoms with Crippen LogP contribution in [0.2, 0.25) is 0 Å². The first-order valence-corrected chi connectivity index (χ1v) is 7.89. The molecule has 0 aliphatic heterocycles. The molecule has 0 saturated heterocycles. The van der Waals surface area contributed by atoms with Crippen molar-refractivity contribution in [3.05, 3.63) is 29.8 Å². The lowest BCUT2D eigenvalue weighted by molar-refractivity contribution is -0.110. The first-order valence-electron chi connectivity index (χ1n) is 7.89. The molecule has 0 bridgehead atoms. The smallest absolute Gasteiger partial charge is 0.274 e. The molecule has 0 unspecified atom stereocenters. The van der Waals surface area contributed by atoms with E-state index in [2.05, 4.69) is 15.4 Å². The van der Waals surface area contributed by atoms with Crippen LogP contribution in [0.1, 0.15) is 37.7 Å². The summed E-state index contributed by atoms with van der Waals surface area (Å²) in [6.07, 6.45) is 6.05. The number of amides is 1. The highest BCUT2D eigenvalue weighted by Crippen LogP contribution is 2.21. The van der Waals surface area contributed by atoms with Crippen molar-refractivity contribution in [3.63, 3.8) is 0 Å². The molecule has 0 aromatic heterocycles. The van der Waals surface area contributed by atoms with E-state index < -0.39 is 0 Å². The molecule has 1 fully saturated rings. The number of aryl methyl sites for hydroxylation is 1. The first-order chi connectivity index (χ1) is 10.6. The molecule has 120 valence electrons. The lowest BCUT2D eigenvalue weighted by atomic mass is 9.94. The molecule has 22 heavy (non-hydrogen) atoms. The van der Waals surface area contributed by atoms with E-state index in [1.54, 1.807) is 0 Å². The molecule has 5 heteroatoms. The number of hydrogen-bond donors (Lipinski definition) is 2. The number of benzene rings is 1. The molecule has 5 nitrogen and oxygen atoms in total. The summed E-state index contributed by atoms with van der Waals surface area (Å²) in [6, 6.07) is 8.01. The van der Waals surface area contributed by atoms with Crippen molar-refractivity contribution < 1.29 is 10.0 Å². The lowest BCUT2D eigenvalue weighted by Gasteiger charge is -2.30. The molecule has 0 atom stereocenters. The van der Waals surface area contributed by atoms with Crippen LogP contribution in [-0.4, -0.2) is 41.4 Å². The Labute approximate surface area is 132 Å². The van der Waals surface area contributed by atoms with Gasteiger partial charge >= 0.3 is 0 Å². The second-order valence-corrected chi connectivity index (χ2v) is 6.07. The predicted molar refractivity (Wildman–Crippen MR) is 88.5 cm³/mol. The van der Waals surface area contributed by atoms with Gasteiger partial charge in [0.25, 0.3) is 5.91 Å². The Hall–Kier alpha value is -1.88. The van der Waals surface area contributed by atoms with E-state index >= 15 is 0 Å². The minimum atomic E-state index is -0.353. The van der Waals surface area contributed by atoms with Gasteiger partial charge in [-0.25, -0.2) is 0 Å². The van der Waals surface area contributed by atoms with Gasteiger partial charge in [-0.05, 0) is 38.9 Å². The van der Waals surface area contributed by atoms with Gasteiger partial charge in [0.15, 0.2) is 5.71 Å². The molecular weight excluding hydrogens is 278 g/mol. The molecule has 1 saturated carbocycles. The van der Waals surface area contributed by atoms with Crippen molar-refractivity contribution in [2.75, 3.05) is 18.9 Å². The summed E-state index contributed by atoms with van der Waals surface area (Å²) in [7, 11) is 1.99. The van der Waals surface area contributed by atoms with Gasteiger partial charge in [0.1, 0.15) is 0 Å². The van der Waals surface area contributed by atoms with E-state index in [0.717, 1.165) is 18.4 Å². The van der Waals surface area contributed by atoms with Crippen LogP contribution in [0.5, 0.6) is 0 Å². The van der Waals surface area contributed by atoms with Crippen LogP contribution in [0.15, 0.2) is 29.4 Å². The summed E-state index contributed by atoms with van der Waals surface area (Å²) in [6.45, 7) is 2.35. The van der Waals surface area contributed by atoms with Crippen LogP contribution < -0.4 is 5.32 Å². The van der Waals surface area contributed by atoms with Crippen molar-refractivity contribution in [3.8, 4) is 0 Å². The zero-order chi connectivity index (χ0) is 15.9. The monoisotopic (exact) mass is 303 g/mol. The second kappa shape index (κ2) is 7.94. The number of nitrogens with zero attached hydrogens (tertiary/aromatic N) is 2. The maximum absolute atomic E-state index is 12.2. The Balaban J connectivity index is 1.92. The van der Waals surface area contributed by atoms with Gasteiger partial charge in [-0.2, -0.15) is 0 Å². The Morgan fingerprint density at radius 2 is 1.91 bits per heavy atom. The van der Waals surface area contributed by atoms with E-state index in [-0.39, 0.29) is 11.6 Å². The van der Waals surface area contributed by atoms with Crippen molar-refractivity contribution in [1.82, 2.24) is 4.90 Å². The Morgan fingerprint density at radius 1 is 1.27 bits per heavy atom. The van der Waals surface area contributed by atoms with Gasteiger partial charge < -0.3 is 10.5 Å². The van der Waals surface area contributed by atoms with Crippen LogP contribution in [0.4, 0.5) is 5.69 Å². The van der Waals surface area contributed by atoms with Gasteiger partial charge in [-0.3, -0.25) is 9.69 Å². The second-order valence-electron chi connectivity index (χ2n) is 6.07. The number of hydrogen-bond acceptors (Lipinski definition) is 4. The molecule has 0 spiro atoms. The highest BCUT2D eigenvalue weighted by molar-refractivity contribution is 6.43. The standard InChI is InChI=1S/C17H25N3O2/c1-13-8-10-14(11-9-13)18-17(21)16(19-22)12-20(2)15-6-4-3-5-7-15/h8-11,15,22H,3-7,12H2,1-2H3,(H,18,21). The van der Waals surface area contributed by atoms with E-state index in [4.69, 9.17) is 5.21 Å². The third kappa shape index (κ3) is 4.56. The quantitative estimate of drug-likeness (QED) is 0.499. The van der Waals surface area contributed by atoms with E-state index in [9.17, 15) is 4.79 Å². The van der Waals surface area contributed by atoms with E-state index in [1.165, 1.54) is 19.3 Å². The fourth-order valence-corrected chi connectivity index (χ4v) is 2.88. The van der Waals surface area contributed by atoms with Gasteiger partial charge in [-0.15, -0.1) is 0 Å². The van der Waals surface area contributed by atoms with Crippen LogP contribution in [-0.2, 0) is 4.79 Å². The van der Waals surface area contributed by atoms with Crippen LogP contribution in [0, 0.1) is 6.92 Å². The highest BCUT2D eigenvalue weighted by Gasteiger charge is 2.22. The molecule has 2 N–H and O–H groups in total. The highest BCUT2D eigenvalue weighted by atomic mass is 16.4. The molecule has 1 amide bonds. The third-order valence-electron chi connectivity index (χ3n) is 4.29. The summed E-state index contributed by atoms with van der Waals surface area (Å²) in [5.74, 6) is -0.353. The van der Waals surface area contributed by atoms with E-state index in [0.29, 0.717) is 18.3 Å². The number of nitrogens with one attached hydrogen (secondary N) is 1. The number of rotatable bonds is 5. The maximum Gasteiger partial charge on any atom is 0.274 e. The SMILES string of the molecule is Cc1ccc(NC(=O)C(CN(C)C2CCCCC2)=NO)cc1. The fourth-order valence-electron chi connectivity index (χ4n) is 2.88. The normalized spacial score (nSPS) is 16.8. The summed E-state index contributed by atoms with van der Waals surface area (Å²) in [5, 5.41) is 15.1. The minimum absolute atomic E-state index is 0.147. The average Bonchev–Trinajstić information content (AvgIpc) is 2.55. The zero-order valence-corrected chi connectivity index (χ0v) is 13.4. The molecule has 1 aliphatic rings. The fraction of sp³-hybridized carbons (Fsp3) is 0.529. The Kier molecular flexibility index (Phi) is 5.95. The van der Waals surface area contributed by atoms with Crippen molar-refractivity contribution in [2.24, 2.45) is 5.16 Å². The molecule has 1 aromatic carbocycles. The van der Waals surface area contributed by atoms with Gasteiger partial charge in [0, 0.05) is 18.3 Å². The summed E-state index contributed by atoms with van der Waals surface area (Å²) in [4.78, 5) is 14.3. The number of oxime groups is 1. The van der Waals surface area contributed by atoms with Crippen molar-refractivity contribution in [2.45, 2.75) is 45.1 Å². The molecule has 2 rings (SSSR count). The van der Waals surface area contributed by atoms with Crippen molar-refractivity contribution in [1.29, 1.82) is 0 Å². The third-order valence-corrected chi connectivity index (χ3v) is 4.29. The average molecular weight is 303 g/mol. The summed E-state index contributed by atoms with van der Waals surface area (Å²) >= 11 is 0. The van der Waals surface area contributed by atoms with Gasteiger partial charge in [-0.1, -0.05) is 42.1 Å². The largest absolute Gasteiger partial charge is 0.410 e. The Bertz CT molecular complexity index is 519. The molecule has 1 aliphatic carbocycles. The number of anilines is 1. The molecular formula is C17H25N3O2. The first kappa shape index (κ1) is 16.5. The molecule has 1 aromatic rings. The predicted octanol–water partition coefficient (Wildman–Crippen LogP) is 3.03. The molecule has 0 heterocycles. The van der Waals surface area contributed by atoms with Crippen LogP contribution >= 0.6 is 0 Å². The number of carbonyl (C=O) groups is 1.